The summed E-state index contributed by atoms with van der Waals surface area (Å²) in [6.45, 7) is 7.58. The molecule has 2 rings (SSSR count). The van der Waals surface area contributed by atoms with Crippen LogP contribution in [0.5, 0.6) is 5.75 Å². The van der Waals surface area contributed by atoms with Crippen LogP contribution < -0.4 is 10.1 Å². The van der Waals surface area contributed by atoms with Crippen molar-refractivity contribution in [3.63, 3.8) is 0 Å². The summed E-state index contributed by atoms with van der Waals surface area (Å²) in [5, 5.41) is 3.09. The average Bonchev–Trinajstić information content (AvgIpc) is 2.60. The standard InChI is InChI=1S/C21H24F3NO2S/c1-19(2,18(26)25-20(3,4)15-8-6-5-7-9-15)14-28-17-12-10-16(11-13-17)27-21(22,23)24/h5-13H,14H2,1-4H3,(H,25,26). The van der Waals surface area contributed by atoms with Gasteiger partial charge < -0.3 is 10.1 Å². The van der Waals surface area contributed by atoms with Crippen LogP contribution in [0.3, 0.4) is 0 Å². The molecule has 1 amide bonds. The molecule has 2 aromatic rings. The Kier molecular flexibility index (Phi) is 6.70. The first kappa shape index (κ1) is 22.1. The highest BCUT2D eigenvalue weighted by molar-refractivity contribution is 7.99. The molecular formula is C21H24F3NO2S. The Balaban J connectivity index is 1.96. The van der Waals surface area contributed by atoms with Crippen LogP contribution in [-0.4, -0.2) is 18.0 Å². The summed E-state index contributed by atoms with van der Waals surface area (Å²) in [5.74, 6) is 0.118. The van der Waals surface area contributed by atoms with Crippen LogP contribution in [-0.2, 0) is 10.3 Å². The SMILES string of the molecule is CC(C)(CSc1ccc(OC(F)(F)F)cc1)C(=O)NC(C)(C)c1ccccc1. The summed E-state index contributed by atoms with van der Waals surface area (Å²) in [7, 11) is 0. The second-order valence-electron chi connectivity index (χ2n) is 7.64. The molecule has 0 aliphatic carbocycles. The monoisotopic (exact) mass is 411 g/mol. The van der Waals surface area contributed by atoms with Crippen molar-refractivity contribution in [3.05, 3.63) is 60.2 Å². The second-order valence-corrected chi connectivity index (χ2v) is 8.69. The van der Waals surface area contributed by atoms with Gasteiger partial charge in [-0.25, -0.2) is 0 Å². The lowest BCUT2D eigenvalue weighted by molar-refractivity contribution is -0.274. The topological polar surface area (TPSA) is 38.3 Å². The minimum Gasteiger partial charge on any atom is -0.406 e. The highest BCUT2D eigenvalue weighted by Crippen LogP contribution is 2.31. The Hall–Kier alpha value is -2.15. The molecule has 0 saturated carbocycles. The minimum atomic E-state index is -4.71. The summed E-state index contributed by atoms with van der Waals surface area (Å²) >= 11 is 1.41. The van der Waals surface area contributed by atoms with Crippen LogP contribution in [0, 0.1) is 5.41 Å². The third-order valence-corrected chi connectivity index (χ3v) is 5.66. The van der Waals surface area contributed by atoms with Crippen molar-refractivity contribution in [2.24, 2.45) is 5.41 Å². The summed E-state index contributed by atoms with van der Waals surface area (Å²) in [4.78, 5) is 13.6. The average molecular weight is 411 g/mol. The summed E-state index contributed by atoms with van der Waals surface area (Å²) in [5.41, 5.74) is -0.179. The molecule has 152 valence electrons. The van der Waals surface area contributed by atoms with Gasteiger partial charge in [0.05, 0.1) is 11.0 Å². The Morgan fingerprint density at radius 2 is 1.54 bits per heavy atom. The molecule has 3 nitrogen and oxygen atoms in total. The van der Waals surface area contributed by atoms with E-state index >= 15 is 0 Å². The first-order valence-electron chi connectivity index (χ1n) is 8.76. The number of nitrogens with one attached hydrogen (secondary N) is 1. The third-order valence-electron chi connectivity index (χ3n) is 4.19. The van der Waals surface area contributed by atoms with E-state index in [1.165, 1.54) is 23.9 Å². The fourth-order valence-electron chi connectivity index (χ4n) is 2.45. The molecule has 2 aromatic carbocycles. The molecule has 0 heterocycles. The normalized spacial score (nSPS) is 12.5. The first-order chi connectivity index (χ1) is 12.9. The summed E-state index contributed by atoms with van der Waals surface area (Å²) < 4.78 is 40.5. The highest BCUT2D eigenvalue weighted by atomic mass is 32.2. The number of carbonyl (C=O) groups is 1. The van der Waals surface area contributed by atoms with Crippen LogP contribution in [0.2, 0.25) is 0 Å². The number of alkyl halides is 3. The molecule has 1 N–H and O–H groups in total. The number of hydrogen-bond donors (Lipinski definition) is 1. The molecule has 0 radical (unpaired) electrons. The number of thioether (sulfide) groups is 1. The van der Waals surface area contributed by atoms with Crippen LogP contribution in [0.15, 0.2) is 59.5 Å². The van der Waals surface area contributed by atoms with Gasteiger partial charge in [-0.1, -0.05) is 44.2 Å². The van der Waals surface area contributed by atoms with E-state index < -0.39 is 17.3 Å². The maximum atomic E-state index is 12.8. The highest BCUT2D eigenvalue weighted by Gasteiger charge is 2.33. The van der Waals surface area contributed by atoms with Gasteiger partial charge in [0.2, 0.25) is 5.91 Å². The van der Waals surface area contributed by atoms with Crippen molar-refractivity contribution < 1.29 is 22.7 Å². The molecule has 28 heavy (non-hydrogen) atoms. The van der Waals surface area contributed by atoms with Gasteiger partial charge in [-0.15, -0.1) is 24.9 Å². The van der Waals surface area contributed by atoms with Gasteiger partial charge in [0.1, 0.15) is 5.75 Å². The molecule has 0 unspecified atom stereocenters. The number of hydrogen-bond acceptors (Lipinski definition) is 3. The van der Waals surface area contributed by atoms with E-state index in [2.05, 4.69) is 10.1 Å². The number of ether oxygens (including phenoxy) is 1. The lowest BCUT2D eigenvalue weighted by atomic mass is 9.89. The van der Waals surface area contributed by atoms with Crippen LogP contribution in [0.4, 0.5) is 13.2 Å². The molecule has 0 aliphatic heterocycles. The van der Waals surface area contributed by atoms with Gasteiger partial charge in [-0.3, -0.25) is 4.79 Å². The minimum absolute atomic E-state index is 0.0918. The van der Waals surface area contributed by atoms with E-state index in [4.69, 9.17) is 0 Å². The van der Waals surface area contributed by atoms with E-state index in [1.54, 1.807) is 12.1 Å². The number of halogens is 3. The Morgan fingerprint density at radius 1 is 0.964 bits per heavy atom. The van der Waals surface area contributed by atoms with Gasteiger partial charge in [0.25, 0.3) is 0 Å². The molecule has 0 aromatic heterocycles. The zero-order valence-corrected chi connectivity index (χ0v) is 17.1. The van der Waals surface area contributed by atoms with E-state index in [0.29, 0.717) is 5.75 Å². The summed E-state index contributed by atoms with van der Waals surface area (Å²) in [6, 6.07) is 15.3. The quantitative estimate of drug-likeness (QED) is 0.589. The Bertz CT molecular complexity index is 788. The van der Waals surface area contributed by atoms with Gasteiger partial charge >= 0.3 is 6.36 Å². The molecule has 0 atom stereocenters. The molecule has 0 spiro atoms. The van der Waals surface area contributed by atoms with E-state index in [0.717, 1.165) is 10.5 Å². The smallest absolute Gasteiger partial charge is 0.406 e. The van der Waals surface area contributed by atoms with Crippen molar-refractivity contribution >= 4 is 17.7 Å². The number of rotatable bonds is 7. The molecule has 0 aliphatic rings. The lowest BCUT2D eigenvalue weighted by Gasteiger charge is -2.32. The van der Waals surface area contributed by atoms with Crippen LogP contribution in [0.1, 0.15) is 33.3 Å². The predicted molar refractivity (Wildman–Crippen MR) is 105 cm³/mol. The fraction of sp³-hybridized carbons (Fsp3) is 0.381. The first-order valence-corrected chi connectivity index (χ1v) is 9.74. The zero-order chi connectivity index (χ0) is 21.0. The van der Waals surface area contributed by atoms with Gasteiger partial charge in [-0.2, -0.15) is 0 Å². The van der Waals surface area contributed by atoms with Gasteiger partial charge in [-0.05, 0) is 43.7 Å². The van der Waals surface area contributed by atoms with Crippen molar-refractivity contribution in [2.45, 2.75) is 44.5 Å². The Labute approximate surface area is 167 Å². The van der Waals surface area contributed by atoms with Crippen LogP contribution >= 0.6 is 11.8 Å². The maximum Gasteiger partial charge on any atom is 0.573 e. The largest absolute Gasteiger partial charge is 0.573 e. The fourth-order valence-corrected chi connectivity index (χ4v) is 3.43. The number of benzene rings is 2. The molecular weight excluding hydrogens is 387 g/mol. The van der Waals surface area contributed by atoms with Crippen LogP contribution in [0.25, 0.3) is 0 Å². The molecule has 0 bridgehead atoms. The summed E-state index contributed by atoms with van der Waals surface area (Å²) in [6.07, 6.45) is -4.71. The van der Waals surface area contributed by atoms with Gasteiger partial charge in [0, 0.05) is 10.6 Å². The third kappa shape index (κ3) is 6.48. The van der Waals surface area contributed by atoms with E-state index in [1.807, 2.05) is 58.0 Å². The van der Waals surface area contributed by atoms with Crippen molar-refractivity contribution in [3.8, 4) is 5.75 Å². The number of amides is 1. The lowest BCUT2D eigenvalue weighted by Crippen LogP contribution is -2.47. The maximum absolute atomic E-state index is 12.8. The predicted octanol–water partition coefficient (Wildman–Crippen LogP) is 5.76. The zero-order valence-electron chi connectivity index (χ0n) is 16.3. The van der Waals surface area contributed by atoms with Crippen molar-refractivity contribution in [2.75, 3.05) is 5.75 Å². The van der Waals surface area contributed by atoms with Crippen molar-refractivity contribution in [1.82, 2.24) is 5.32 Å². The van der Waals surface area contributed by atoms with E-state index in [-0.39, 0.29) is 11.7 Å². The van der Waals surface area contributed by atoms with E-state index in [9.17, 15) is 18.0 Å². The second kappa shape index (κ2) is 8.47. The molecule has 0 fully saturated rings. The van der Waals surface area contributed by atoms with Crippen molar-refractivity contribution in [1.29, 1.82) is 0 Å². The number of carbonyl (C=O) groups excluding carboxylic acids is 1. The Morgan fingerprint density at radius 3 is 2.07 bits per heavy atom. The van der Waals surface area contributed by atoms with Gasteiger partial charge in [0.15, 0.2) is 0 Å². The molecule has 0 saturated heterocycles. The molecule has 7 heteroatoms.